The van der Waals surface area contributed by atoms with Crippen molar-refractivity contribution < 1.29 is 9.90 Å². The van der Waals surface area contributed by atoms with E-state index in [0.717, 1.165) is 49.4 Å². The largest absolute Gasteiger partial charge is 0.480 e. The fraction of sp³-hybridized carbons (Fsp3) is 0.562. The molecule has 24 heavy (non-hydrogen) atoms. The summed E-state index contributed by atoms with van der Waals surface area (Å²) in [6, 6.07) is 1.93. The lowest BCUT2D eigenvalue weighted by atomic mass is 9.94. The van der Waals surface area contributed by atoms with Crippen molar-refractivity contribution in [3.05, 3.63) is 34.4 Å². The van der Waals surface area contributed by atoms with Gasteiger partial charge in [-0.2, -0.15) is 10.2 Å². The van der Waals surface area contributed by atoms with Crippen LogP contribution in [0.15, 0.2) is 12.3 Å². The van der Waals surface area contributed by atoms with Gasteiger partial charge in [-0.1, -0.05) is 11.6 Å². The lowest BCUT2D eigenvalue weighted by Gasteiger charge is -2.31. The first-order chi connectivity index (χ1) is 11.4. The Labute approximate surface area is 145 Å². The van der Waals surface area contributed by atoms with Crippen LogP contribution in [0.3, 0.4) is 0 Å². The molecule has 7 nitrogen and oxygen atoms in total. The number of carbonyl (C=O) groups is 1. The van der Waals surface area contributed by atoms with Crippen molar-refractivity contribution in [1.29, 1.82) is 0 Å². The highest BCUT2D eigenvalue weighted by Gasteiger charge is 2.25. The minimum Gasteiger partial charge on any atom is -0.480 e. The van der Waals surface area contributed by atoms with Gasteiger partial charge in [-0.3, -0.25) is 19.1 Å². The summed E-state index contributed by atoms with van der Waals surface area (Å²) in [4.78, 5) is 13.2. The van der Waals surface area contributed by atoms with Crippen molar-refractivity contribution in [3.8, 4) is 0 Å². The SMILES string of the molecule is Cc1nn(C)c(Cl)c1CN1CCCC(c2ccn(CC(=O)O)n2)C1. The Balaban J connectivity index is 1.68. The lowest BCUT2D eigenvalue weighted by molar-refractivity contribution is -0.137. The van der Waals surface area contributed by atoms with E-state index in [4.69, 9.17) is 16.7 Å². The average molecular weight is 352 g/mol. The molecule has 1 aliphatic heterocycles. The number of aromatic nitrogens is 4. The number of piperidine rings is 1. The van der Waals surface area contributed by atoms with E-state index in [-0.39, 0.29) is 6.54 Å². The number of hydrogen-bond acceptors (Lipinski definition) is 4. The Morgan fingerprint density at radius 3 is 2.92 bits per heavy atom. The van der Waals surface area contributed by atoms with Gasteiger partial charge < -0.3 is 5.11 Å². The second-order valence-corrected chi connectivity index (χ2v) is 6.74. The maximum atomic E-state index is 10.8. The van der Waals surface area contributed by atoms with Gasteiger partial charge in [-0.25, -0.2) is 0 Å². The molecule has 1 fully saturated rings. The summed E-state index contributed by atoms with van der Waals surface area (Å²) in [6.07, 6.45) is 3.90. The summed E-state index contributed by atoms with van der Waals surface area (Å²) in [5, 5.41) is 18.3. The second-order valence-electron chi connectivity index (χ2n) is 6.38. The zero-order valence-electron chi connectivity index (χ0n) is 13.9. The zero-order valence-corrected chi connectivity index (χ0v) is 14.7. The average Bonchev–Trinajstić information content (AvgIpc) is 3.08. The Morgan fingerprint density at radius 2 is 2.25 bits per heavy atom. The van der Waals surface area contributed by atoms with Gasteiger partial charge in [-0.05, 0) is 32.4 Å². The van der Waals surface area contributed by atoms with Gasteiger partial charge in [-0.15, -0.1) is 0 Å². The number of aryl methyl sites for hydroxylation is 2. The molecule has 0 spiro atoms. The highest BCUT2D eigenvalue weighted by Crippen LogP contribution is 2.28. The highest BCUT2D eigenvalue weighted by molar-refractivity contribution is 6.30. The number of halogens is 1. The number of aliphatic carboxylic acids is 1. The summed E-state index contributed by atoms with van der Waals surface area (Å²) >= 11 is 6.34. The maximum absolute atomic E-state index is 10.8. The van der Waals surface area contributed by atoms with Gasteiger partial charge in [0.25, 0.3) is 0 Å². The highest BCUT2D eigenvalue weighted by atomic mass is 35.5. The quantitative estimate of drug-likeness (QED) is 0.892. The van der Waals surface area contributed by atoms with E-state index in [9.17, 15) is 4.79 Å². The first-order valence-corrected chi connectivity index (χ1v) is 8.47. The molecule has 0 saturated carbocycles. The first-order valence-electron chi connectivity index (χ1n) is 8.09. The van der Waals surface area contributed by atoms with Crippen molar-refractivity contribution in [2.75, 3.05) is 13.1 Å². The standard InChI is InChI=1S/C16H22ClN5O2/c1-11-13(16(17)20(2)18-11)9-21-6-3-4-12(8-21)14-5-7-22(19-14)10-15(23)24/h5,7,12H,3-4,6,8-10H2,1-2H3,(H,23,24). The monoisotopic (exact) mass is 351 g/mol. The minimum absolute atomic E-state index is 0.0963. The van der Waals surface area contributed by atoms with Crippen LogP contribution in [0.1, 0.15) is 35.7 Å². The molecule has 1 atom stereocenters. The molecule has 3 rings (SSSR count). The van der Waals surface area contributed by atoms with Crippen molar-refractivity contribution in [3.63, 3.8) is 0 Å². The molecule has 0 aliphatic carbocycles. The van der Waals surface area contributed by atoms with E-state index in [1.165, 1.54) is 4.68 Å². The van der Waals surface area contributed by atoms with E-state index in [0.29, 0.717) is 11.1 Å². The molecule has 1 N–H and O–H groups in total. The van der Waals surface area contributed by atoms with Crippen LogP contribution in [0.5, 0.6) is 0 Å². The molecule has 2 aromatic heterocycles. The third-order valence-electron chi connectivity index (χ3n) is 4.53. The van der Waals surface area contributed by atoms with Crippen LogP contribution in [0.25, 0.3) is 0 Å². The smallest absolute Gasteiger partial charge is 0.325 e. The second kappa shape index (κ2) is 6.94. The van der Waals surface area contributed by atoms with Crippen molar-refractivity contribution in [1.82, 2.24) is 24.5 Å². The van der Waals surface area contributed by atoms with Crippen LogP contribution in [0, 0.1) is 6.92 Å². The van der Waals surface area contributed by atoms with Crippen LogP contribution in [0.2, 0.25) is 5.15 Å². The third-order valence-corrected chi connectivity index (χ3v) is 5.01. The van der Waals surface area contributed by atoms with Gasteiger partial charge in [0.1, 0.15) is 11.7 Å². The van der Waals surface area contributed by atoms with E-state index in [1.807, 2.05) is 20.0 Å². The van der Waals surface area contributed by atoms with E-state index in [1.54, 1.807) is 10.9 Å². The molecular weight excluding hydrogens is 330 g/mol. The summed E-state index contributed by atoms with van der Waals surface area (Å²) in [7, 11) is 1.85. The number of likely N-dealkylation sites (tertiary alicyclic amines) is 1. The van der Waals surface area contributed by atoms with Gasteiger partial charge in [0.15, 0.2) is 0 Å². The first kappa shape index (κ1) is 17.0. The Bertz CT molecular complexity index is 739. The van der Waals surface area contributed by atoms with Crippen LogP contribution in [-0.2, 0) is 24.9 Å². The predicted molar refractivity (Wildman–Crippen MR) is 90.1 cm³/mol. The zero-order chi connectivity index (χ0) is 17.3. The summed E-state index contributed by atoms with van der Waals surface area (Å²) in [5.74, 6) is -0.554. The minimum atomic E-state index is -0.878. The van der Waals surface area contributed by atoms with Gasteiger partial charge in [0.2, 0.25) is 0 Å². The number of rotatable bonds is 5. The van der Waals surface area contributed by atoms with Crippen LogP contribution in [0.4, 0.5) is 0 Å². The van der Waals surface area contributed by atoms with Gasteiger partial charge in [0, 0.05) is 37.8 Å². The fourth-order valence-corrected chi connectivity index (χ4v) is 3.57. The molecule has 130 valence electrons. The van der Waals surface area contributed by atoms with Crippen molar-refractivity contribution in [2.45, 2.75) is 38.8 Å². The van der Waals surface area contributed by atoms with Crippen molar-refractivity contribution >= 4 is 17.6 Å². The van der Waals surface area contributed by atoms with Gasteiger partial charge in [0.05, 0.1) is 11.4 Å². The Kier molecular flexibility index (Phi) is 4.91. The van der Waals surface area contributed by atoms with Crippen LogP contribution >= 0.6 is 11.6 Å². The molecule has 3 heterocycles. The lowest BCUT2D eigenvalue weighted by Crippen LogP contribution is -2.34. The molecule has 1 unspecified atom stereocenters. The molecule has 8 heteroatoms. The maximum Gasteiger partial charge on any atom is 0.325 e. The van der Waals surface area contributed by atoms with E-state index >= 15 is 0 Å². The topological polar surface area (TPSA) is 76.2 Å². The molecular formula is C16H22ClN5O2. The van der Waals surface area contributed by atoms with Crippen molar-refractivity contribution in [2.24, 2.45) is 7.05 Å². The van der Waals surface area contributed by atoms with E-state index < -0.39 is 5.97 Å². The molecule has 1 saturated heterocycles. The third kappa shape index (κ3) is 3.62. The molecule has 0 radical (unpaired) electrons. The number of carboxylic acids is 1. The van der Waals surface area contributed by atoms with Gasteiger partial charge >= 0.3 is 5.97 Å². The normalized spacial score (nSPS) is 18.9. The summed E-state index contributed by atoms with van der Waals surface area (Å²) in [5.41, 5.74) is 3.02. The number of nitrogens with zero attached hydrogens (tertiary/aromatic N) is 5. The molecule has 2 aromatic rings. The summed E-state index contributed by atoms with van der Waals surface area (Å²) < 4.78 is 3.19. The fourth-order valence-electron chi connectivity index (χ4n) is 3.34. The molecule has 0 amide bonds. The molecule has 0 bridgehead atoms. The molecule has 1 aliphatic rings. The number of carboxylic acid groups (broad SMARTS) is 1. The van der Waals surface area contributed by atoms with E-state index in [2.05, 4.69) is 15.1 Å². The molecule has 0 aromatic carbocycles. The Morgan fingerprint density at radius 1 is 1.46 bits per heavy atom. The predicted octanol–water partition coefficient (Wildman–Crippen LogP) is 2.04. The number of hydrogen-bond donors (Lipinski definition) is 1. The van der Waals surface area contributed by atoms with Crippen LogP contribution < -0.4 is 0 Å². The van der Waals surface area contributed by atoms with Crippen LogP contribution in [-0.4, -0.2) is 48.6 Å². The summed E-state index contributed by atoms with van der Waals surface area (Å²) in [6.45, 7) is 4.59. The Hall–Kier alpha value is -1.86.